The van der Waals surface area contributed by atoms with Crippen molar-refractivity contribution in [3.63, 3.8) is 0 Å². The number of hydrogen-bond donors (Lipinski definition) is 2. The molecule has 1 aromatic heterocycles. The van der Waals surface area contributed by atoms with Crippen LogP contribution < -0.4 is 15.4 Å². The molecular formula is C20H20ClFN4O. The van der Waals surface area contributed by atoms with Gasteiger partial charge in [-0.05, 0) is 43.1 Å². The molecule has 27 heavy (non-hydrogen) atoms. The zero-order chi connectivity index (χ0) is 18.8. The lowest BCUT2D eigenvalue weighted by Gasteiger charge is -2.25. The van der Waals surface area contributed by atoms with E-state index < -0.39 is 5.82 Å². The molecule has 2 N–H and O–H groups in total. The second kappa shape index (κ2) is 7.66. The van der Waals surface area contributed by atoms with Crippen molar-refractivity contribution in [1.82, 2.24) is 15.3 Å². The third kappa shape index (κ3) is 3.55. The van der Waals surface area contributed by atoms with Gasteiger partial charge in [-0.25, -0.2) is 14.4 Å². The summed E-state index contributed by atoms with van der Waals surface area (Å²) in [5.41, 5.74) is 2.13. The van der Waals surface area contributed by atoms with E-state index in [1.54, 1.807) is 19.2 Å². The summed E-state index contributed by atoms with van der Waals surface area (Å²) < 4.78 is 19.9. The molecule has 2 heterocycles. The van der Waals surface area contributed by atoms with Crippen molar-refractivity contribution in [3.05, 3.63) is 53.1 Å². The zero-order valence-corrected chi connectivity index (χ0v) is 15.7. The lowest BCUT2D eigenvalue weighted by atomic mass is 9.90. The number of nitrogens with one attached hydrogen (secondary N) is 2. The minimum absolute atomic E-state index is 0.0639. The largest absolute Gasteiger partial charge is 0.496 e. The van der Waals surface area contributed by atoms with E-state index >= 15 is 0 Å². The van der Waals surface area contributed by atoms with E-state index in [1.807, 2.05) is 6.07 Å². The molecule has 0 unspecified atom stereocenters. The molecule has 0 spiro atoms. The Bertz CT molecular complexity index is 976. The van der Waals surface area contributed by atoms with Crippen molar-refractivity contribution < 1.29 is 9.13 Å². The lowest BCUT2D eigenvalue weighted by molar-refractivity contribution is 0.393. The predicted molar refractivity (Wildman–Crippen MR) is 106 cm³/mol. The number of rotatable bonds is 4. The number of nitrogens with zero attached hydrogens (tertiary/aromatic N) is 2. The van der Waals surface area contributed by atoms with Crippen LogP contribution in [-0.2, 0) is 0 Å². The number of fused-ring (bicyclic) bond motifs is 1. The van der Waals surface area contributed by atoms with E-state index in [2.05, 4.69) is 26.7 Å². The van der Waals surface area contributed by atoms with Gasteiger partial charge in [0.25, 0.3) is 0 Å². The number of ether oxygens (including phenoxy) is 1. The number of methoxy groups -OCH3 is 1. The fourth-order valence-electron chi connectivity index (χ4n) is 3.54. The molecular weight excluding hydrogens is 367 g/mol. The Morgan fingerprint density at radius 2 is 2.19 bits per heavy atom. The van der Waals surface area contributed by atoms with Crippen LogP contribution in [0.15, 0.2) is 36.7 Å². The third-order valence-electron chi connectivity index (χ3n) is 4.93. The molecule has 1 aliphatic rings. The van der Waals surface area contributed by atoms with E-state index in [1.165, 1.54) is 12.4 Å². The van der Waals surface area contributed by atoms with Crippen LogP contribution in [0.3, 0.4) is 0 Å². The normalized spacial score (nSPS) is 17.1. The first-order valence-electron chi connectivity index (χ1n) is 8.91. The summed E-state index contributed by atoms with van der Waals surface area (Å²) in [6, 6.07) is 8.81. The highest BCUT2D eigenvalue weighted by atomic mass is 35.5. The van der Waals surface area contributed by atoms with Gasteiger partial charge in [0.05, 0.1) is 23.3 Å². The first kappa shape index (κ1) is 17.9. The Labute approximate surface area is 161 Å². The maximum Gasteiger partial charge on any atom is 0.165 e. The van der Waals surface area contributed by atoms with Gasteiger partial charge < -0.3 is 15.4 Å². The van der Waals surface area contributed by atoms with Crippen LogP contribution in [0.4, 0.5) is 15.9 Å². The topological polar surface area (TPSA) is 59.1 Å². The van der Waals surface area contributed by atoms with E-state index in [-0.39, 0.29) is 10.7 Å². The van der Waals surface area contributed by atoms with Gasteiger partial charge in [0.1, 0.15) is 17.9 Å². The highest BCUT2D eigenvalue weighted by molar-refractivity contribution is 6.31. The van der Waals surface area contributed by atoms with Gasteiger partial charge in [0, 0.05) is 23.9 Å². The maximum atomic E-state index is 14.3. The summed E-state index contributed by atoms with van der Waals surface area (Å²) in [5.74, 6) is 1.20. The number of aromatic nitrogens is 2. The van der Waals surface area contributed by atoms with Crippen molar-refractivity contribution in [1.29, 1.82) is 0 Å². The average molecular weight is 387 g/mol. The molecule has 140 valence electrons. The first-order chi connectivity index (χ1) is 13.2. The zero-order valence-electron chi connectivity index (χ0n) is 14.9. The van der Waals surface area contributed by atoms with E-state index in [4.69, 9.17) is 16.3 Å². The summed E-state index contributed by atoms with van der Waals surface area (Å²) in [4.78, 5) is 8.68. The van der Waals surface area contributed by atoms with Gasteiger partial charge in [0.2, 0.25) is 0 Å². The van der Waals surface area contributed by atoms with Crippen LogP contribution in [0.2, 0.25) is 5.02 Å². The Morgan fingerprint density at radius 1 is 1.30 bits per heavy atom. The van der Waals surface area contributed by atoms with E-state index in [0.717, 1.165) is 48.1 Å². The van der Waals surface area contributed by atoms with Gasteiger partial charge in [-0.15, -0.1) is 0 Å². The van der Waals surface area contributed by atoms with E-state index in [9.17, 15) is 4.39 Å². The highest BCUT2D eigenvalue weighted by Crippen LogP contribution is 2.36. The standard InChI is InChI=1S/C20H20ClFN4O/c1-27-18-9-17-14(8-13(18)12-4-3-7-23-10-12)20(25-11-24-17)26-16-6-2-5-15(21)19(16)22/h2,5-6,8-9,11-12,23H,3-4,7,10H2,1H3,(H,24,25,26)/t12-/m0/s1. The fourth-order valence-corrected chi connectivity index (χ4v) is 3.72. The SMILES string of the molecule is COc1cc2ncnc(Nc3cccc(Cl)c3F)c2cc1[C@H]1CCCNC1. The average Bonchev–Trinajstić information content (AvgIpc) is 2.71. The molecule has 0 aliphatic carbocycles. The predicted octanol–water partition coefficient (Wildman–Crippen LogP) is 4.64. The Kier molecular flexibility index (Phi) is 5.09. The number of piperidine rings is 1. The summed E-state index contributed by atoms with van der Waals surface area (Å²) in [5, 5.41) is 7.37. The molecule has 5 nitrogen and oxygen atoms in total. The van der Waals surface area contributed by atoms with Crippen molar-refractivity contribution in [2.75, 3.05) is 25.5 Å². The van der Waals surface area contributed by atoms with Crippen LogP contribution in [-0.4, -0.2) is 30.2 Å². The van der Waals surface area contributed by atoms with Crippen molar-refractivity contribution in [2.45, 2.75) is 18.8 Å². The van der Waals surface area contributed by atoms with Gasteiger partial charge >= 0.3 is 0 Å². The van der Waals surface area contributed by atoms with Crippen molar-refractivity contribution in [3.8, 4) is 5.75 Å². The molecule has 3 aromatic rings. The smallest absolute Gasteiger partial charge is 0.165 e. The van der Waals surface area contributed by atoms with Crippen LogP contribution in [0, 0.1) is 5.82 Å². The molecule has 1 atom stereocenters. The van der Waals surface area contributed by atoms with Gasteiger partial charge in [-0.1, -0.05) is 17.7 Å². The molecule has 0 amide bonds. The van der Waals surface area contributed by atoms with Gasteiger partial charge in [-0.2, -0.15) is 0 Å². The number of benzene rings is 2. The second-order valence-electron chi connectivity index (χ2n) is 6.60. The molecule has 0 bridgehead atoms. The number of anilines is 2. The van der Waals surface area contributed by atoms with Crippen LogP contribution in [0.25, 0.3) is 10.9 Å². The number of hydrogen-bond acceptors (Lipinski definition) is 5. The van der Waals surface area contributed by atoms with Gasteiger partial charge in [-0.3, -0.25) is 0 Å². The minimum atomic E-state index is -0.504. The highest BCUT2D eigenvalue weighted by Gasteiger charge is 2.21. The Balaban J connectivity index is 1.80. The fraction of sp³-hybridized carbons (Fsp3) is 0.300. The summed E-state index contributed by atoms with van der Waals surface area (Å²) in [7, 11) is 1.67. The molecule has 2 aromatic carbocycles. The molecule has 0 saturated carbocycles. The molecule has 0 radical (unpaired) electrons. The third-order valence-corrected chi connectivity index (χ3v) is 5.22. The molecule has 1 saturated heterocycles. The maximum absolute atomic E-state index is 14.3. The molecule has 1 fully saturated rings. The summed E-state index contributed by atoms with van der Waals surface area (Å²) in [6.45, 7) is 1.94. The summed E-state index contributed by atoms with van der Waals surface area (Å²) >= 11 is 5.89. The quantitative estimate of drug-likeness (QED) is 0.684. The minimum Gasteiger partial charge on any atom is -0.496 e. The van der Waals surface area contributed by atoms with Crippen molar-refractivity contribution >= 4 is 34.0 Å². The molecule has 4 rings (SSSR count). The van der Waals surface area contributed by atoms with Crippen LogP contribution >= 0.6 is 11.6 Å². The van der Waals surface area contributed by atoms with Crippen molar-refractivity contribution in [2.24, 2.45) is 0 Å². The molecule has 7 heteroatoms. The van der Waals surface area contributed by atoms with Gasteiger partial charge in [0.15, 0.2) is 5.82 Å². The lowest BCUT2D eigenvalue weighted by Crippen LogP contribution is -2.28. The molecule has 1 aliphatic heterocycles. The monoisotopic (exact) mass is 386 g/mol. The van der Waals surface area contributed by atoms with Crippen LogP contribution in [0.1, 0.15) is 24.3 Å². The first-order valence-corrected chi connectivity index (χ1v) is 9.29. The second-order valence-corrected chi connectivity index (χ2v) is 7.01. The Hall–Kier alpha value is -2.44. The van der Waals surface area contributed by atoms with Crippen LogP contribution in [0.5, 0.6) is 5.75 Å². The Morgan fingerprint density at radius 3 is 2.96 bits per heavy atom. The number of halogens is 2. The summed E-state index contributed by atoms with van der Waals surface area (Å²) in [6.07, 6.45) is 3.67. The van der Waals surface area contributed by atoms with E-state index in [0.29, 0.717) is 11.7 Å².